The molecule has 1 aromatic rings. The number of hydrogen-bond donors (Lipinski definition) is 0. The van der Waals surface area contributed by atoms with Crippen molar-refractivity contribution < 1.29 is 61.6 Å². The standard InChI is InChI=1S/C56H98O7S.Na/c1-3-5-7-9-11-13-15-17-19-21-23-25-27-29-31-33-35-37-39-41-43-45-49-62-55(57)53-48-47-52(64(59,60)61)51-54(53)56(58)63-50-46-44-42-40-38-36-34-32-30-28-26-24-22-20-18-16-14-12-10-8-6-4-2;/h43-48,51H,3-42,49-50H2,1-2H3,(H,59,60,61);/q;+1/p-1/b45-43+,46-44+;. The van der Waals surface area contributed by atoms with E-state index in [1.165, 1.54) is 231 Å². The van der Waals surface area contributed by atoms with Crippen molar-refractivity contribution in [2.75, 3.05) is 13.2 Å². The van der Waals surface area contributed by atoms with Gasteiger partial charge in [-0.15, -0.1) is 0 Å². The fraction of sp³-hybridized carbons (Fsp3) is 0.786. The summed E-state index contributed by atoms with van der Waals surface area (Å²) < 4.78 is 45.8. The van der Waals surface area contributed by atoms with Crippen LogP contribution in [0.5, 0.6) is 0 Å². The maximum Gasteiger partial charge on any atom is 1.00 e. The molecule has 0 aliphatic heterocycles. The van der Waals surface area contributed by atoms with Crippen molar-refractivity contribution in [2.24, 2.45) is 0 Å². The zero-order valence-corrected chi connectivity index (χ0v) is 45.3. The van der Waals surface area contributed by atoms with Gasteiger partial charge < -0.3 is 14.0 Å². The van der Waals surface area contributed by atoms with Gasteiger partial charge in [0.2, 0.25) is 0 Å². The Balaban J connectivity index is 0.0000410. The van der Waals surface area contributed by atoms with Gasteiger partial charge in [-0.2, -0.15) is 0 Å². The average molecular weight is 937 g/mol. The van der Waals surface area contributed by atoms with E-state index in [2.05, 4.69) is 13.8 Å². The molecular weight excluding hydrogens is 840 g/mol. The molecule has 1 aromatic carbocycles. The Morgan fingerprint density at radius 1 is 0.415 bits per heavy atom. The summed E-state index contributed by atoms with van der Waals surface area (Å²) >= 11 is 0. The summed E-state index contributed by atoms with van der Waals surface area (Å²) in [6, 6.07) is 3.06. The van der Waals surface area contributed by atoms with E-state index in [0.29, 0.717) is 0 Å². The van der Waals surface area contributed by atoms with Crippen LogP contribution < -0.4 is 29.6 Å². The minimum absolute atomic E-state index is 0. The van der Waals surface area contributed by atoms with Gasteiger partial charge >= 0.3 is 41.5 Å². The molecular formula is C56H97NaO7S. The van der Waals surface area contributed by atoms with Crippen molar-refractivity contribution in [3.05, 3.63) is 53.6 Å². The normalized spacial score (nSPS) is 11.7. The van der Waals surface area contributed by atoms with Gasteiger partial charge in [0, 0.05) is 0 Å². The van der Waals surface area contributed by atoms with E-state index in [0.717, 1.165) is 43.9 Å². The summed E-state index contributed by atoms with van der Waals surface area (Å²) in [5, 5.41) is 0. The van der Waals surface area contributed by atoms with Crippen LogP contribution in [0.2, 0.25) is 0 Å². The molecule has 0 amide bonds. The van der Waals surface area contributed by atoms with Gasteiger partial charge in [0.25, 0.3) is 0 Å². The molecule has 0 aliphatic rings. The second-order valence-electron chi connectivity index (χ2n) is 18.6. The monoisotopic (exact) mass is 937 g/mol. The molecule has 0 saturated carbocycles. The second-order valence-corrected chi connectivity index (χ2v) is 20.0. The van der Waals surface area contributed by atoms with Crippen molar-refractivity contribution in [3.8, 4) is 0 Å². The molecule has 0 N–H and O–H groups in total. The molecule has 65 heavy (non-hydrogen) atoms. The van der Waals surface area contributed by atoms with Gasteiger partial charge in [0.15, 0.2) is 0 Å². The Kier molecular flexibility index (Phi) is 46.5. The molecule has 0 bridgehead atoms. The smallest absolute Gasteiger partial charge is 0.744 e. The molecule has 370 valence electrons. The van der Waals surface area contributed by atoms with Crippen LogP contribution in [0, 0.1) is 0 Å². The van der Waals surface area contributed by atoms with Crippen LogP contribution in [0.25, 0.3) is 0 Å². The number of unbranched alkanes of at least 4 members (excludes halogenated alkanes) is 38. The molecule has 0 aliphatic carbocycles. The number of carbonyl (C=O) groups excluding carboxylic acids is 2. The van der Waals surface area contributed by atoms with Gasteiger partial charge in [-0.3, -0.25) is 0 Å². The number of hydrogen-bond acceptors (Lipinski definition) is 7. The Morgan fingerprint density at radius 2 is 0.677 bits per heavy atom. The fourth-order valence-corrected chi connectivity index (χ4v) is 8.98. The van der Waals surface area contributed by atoms with Gasteiger partial charge in [-0.25, -0.2) is 18.0 Å². The first-order chi connectivity index (χ1) is 31.3. The number of benzene rings is 1. The maximum absolute atomic E-state index is 13.0. The van der Waals surface area contributed by atoms with E-state index in [1.807, 2.05) is 12.2 Å². The van der Waals surface area contributed by atoms with Crippen molar-refractivity contribution in [3.63, 3.8) is 0 Å². The Labute approximate surface area is 423 Å². The second kappa shape index (κ2) is 47.6. The summed E-state index contributed by atoms with van der Waals surface area (Å²) in [6.45, 7) is 4.56. The predicted molar refractivity (Wildman–Crippen MR) is 269 cm³/mol. The maximum atomic E-state index is 13.0. The predicted octanol–water partition coefficient (Wildman–Crippen LogP) is 14.7. The molecule has 0 heterocycles. The molecule has 9 heteroatoms. The number of carbonyl (C=O) groups is 2. The van der Waals surface area contributed by atoms with Gasteiger partial charge in [-0.05, 0) is 43.9 Å². The third kappa shape index (κ3) is 40.2. The Morgan fingerprint density at radius 3 is 0.954 bits per heavy atom. The minimum Gasteiger partial charge on any atom is -0.744 e. The van der Waals surface area contributed by atoms with Crippen LogP contribution in [0.3, 0.4) is 0 Å². The molecule has 0 atom stereocenters. The quantitative estimate of drug-likeness (QED) is 0.0210. The zero-order chi connectivity index (χ0) is 46.4. The van der Waals surface area contributed by atoms with E-state index in [-0.39, 0.29) is 53.9 Å². The summed E-state index contributed by atoms with van der Waals surface area (Å²) in [4.78, 5) is 25.3. The number of rotatable bonds is 47. The Bertz CT molecular complexity index is 1410. The van der Waals surface area contributed by atoms with Crippen LogP contribution in [0.15, 0.2) is 47.4 Å². The first kappa shape index (κ1) is 63.5. The molecule has 7 nitrogen and oxygen atoms in total. The van der Waals surface area contributed by atoms with E-state index in [4.69, 9.17) is 9.47 Å². The molecule has 0 spiro atoms. The van der Waals surface area contributed by atoms with Crippen LogP contribution >= 0.6 is 0 Å². The van der Waals surface area contributed by atoms with Crippen LogP contribution in [0.4, 0.5) is 0 Å². The summed E-state index contributed by atoms with van der Waals surface area (Å²) in [6.07, 6.45) is 60.5. The molecule has 1 rings (SSSR count). The van der Waals surface area contributed by atoms with Gasteiger partial charge in [-0.1, -0.05) is 269 Å². The van der Waals surface area contributed by atoms with Gasteiger partial charge in [0.05, 0.1) is 16.0 Å². The van der Waals surface area contributed by atoms with Crippen molar-refractivity contribution in [1.82, 2.24) is 0 Å². The number of ether oxygens (including phenoxy) is 2. The fourth-order valence-electron chi connectivity index (χ4n) is 8.48. The van der Waals surface area contributed by atoms with Crippen LogP contribution in [-0.4, -0.2) is 38.1 Å². The topological polar surface area (TPSA) is 110 Å². The summed E-state index contributed by atoms with van der Waals surface area (Å²) in [5.41, 5.74) is -0.435. The average Bonchev–Trinajstić information content (AvgIpc) is 3.28. The Hall–Kier alpha value is -1.45. The largest absolute Gasteiger partial charge is 1.00 e. The van der Waals surface area contributed by atoms with Gasteiger partial charge in [0.1, 0.15) is 23.3 Å². The summed E-state index contributed by atoms with van der Waals surface area (Å²) in [5.74, 6) is -1.67. The minimum atomic E-state index is -4.84. The third-order valence-corrected chi connectivity index (χ3v) is 13.5. The molecule has 0 aromatic heterocycles. The number of esters is 2. The zero-order valence-electron chi connectivity index (χ0n) is 42.5. The molecule has 0 fully saturated rings. The first-order valence-corrected chi connectivity index (χ1v) is 28.5. The van der Waals surface area contributed by atoms with Crippen molar-refractivity contribution >= 4 is 22.1 Å². The van der Waals surface area contributed by atoms with Crippen molar-refractivity contribution in [1.29, 1.82) is 0 Å². The molecule has 0 radical (unpaired) electrons. The number of allylic oxidation sites excluding steroid dienone is 2. The first-order valence-electron chi connectivity index (χ1n) is 27.0. The van der Waals surface area contributed by atoms with E-state index in [9.17, 15) is 22.6 Å². The molecule has 0 saturated heterocycles. The van der Waals surface area contributed by atoms with Crippen LogP contribution in [0.1, 0.15) is 291 Å². The third-order valence-electron chi connectivity index (χ3n) is 12.6. The molecule has 0 unspecified atom stereocenters. The SMILES string of the molecule is CCCCCCCCCCCCCCCCCCCCC/C=C/COC(=O)c1ccc(S(=O)(=O)[O-])cc1C(=O)OC/C=C/CCCCCCCCCCCCCCCCCCCCC.[Na+]. The van der Waals surface area contributed by atoms with Crippen molar-refractivity contribution in [2.45, 2.75) is 276 Å². The summed E-state index contributed by atoms with van der Waals surface area (Å²) in [7, 11) is -4.84. The van der Waals surface area contributed by atoms with E-state index in [1.54, 1.807) is 12.2 Å². The van der Waals surface area contributed by atoms with E-state index < -0.39 is 27.0 Å². The van der Waals surface area contributed by atoms with E-state index >= 15 is 0 Å². The van der Waals surface area contributed by atoms with Crippen LogP contribution in [-0.2, 0) is 19.6 Å².